The number of carbonyl (C=O) groups excluding carboxylic acids is 1. The highest BCUT2D eigenvalue weighted by Gasteiger charge is 2.21. The van der Waals surface area contributed by atoms with E-state index in [1.54, 1.807) is 0 Å². The number of benzene rings is 1. The molecule has 4 nitrogen and oxygen atoms in total. The van der Waals surface area contributed by atoms with Crippen LogP contribution in [0.1, 0.15) is 19.3 Å². The number of rotatable bonds is 3. The molecule has 16 heavy (non-hydrogen) atoms. The minimum atomic E-state index is -0.301. The Morgan fingerprint density at radius 3 is 2.75 bits per heavy atom. The van der Waals surface area contributed by atoms with E-state index in [1.165, 1.54) is 0 Å². The van der Waals surface area contributed by atoms with E-state index in [9.17, 15) is 4.79 Å². The SMILES string of the molecule is O=C(NNc1ccccc1)C1CCCCO1. The molecular formula is C12H16N2O2. The van der Waals surface area contributed by atoms with E-state index in [1.807, 2.05) is 30.3 Å². The summed E-state index contributed by atoms with van der Waals surface area (Å²) in [5.41, 5.74) is 6.38. The lowest BCUT2D eigenvalue weighted by molar-refractivity contribution is -0.134. The van der Waals surface area contributed by atoms with Crippen molar-refractivity contribution in [1.82, 2.24) is 5.43 Å². The number of para-hydroxylation sites is 1. The Morgan fingerprint density at radius 1 is 1.25 bits per heavy atom. The highest BCUT2D eigenvalue weighted by atomic mass is 16.5. The second-order valence-corrected chi connectivity index (χ2v) is 3.84. The van der Waals surface area contributed by atoms with Gasteiger partial charge in [-0.1, -0.05) is 18.2 Å². The Labute approximate surface area is 95.0 Å². The van der Waals surface area contributed by atoms with Gasteiger partial charge in [-0.2, -0.15) is 0 Å². The molecule has 1 aliphatic heterocycles. The maximum absolute atomic E-state index is 11.7. The maximum Gasteiger partial charge on any atom is 0.267 e. The van der Waals surface area contributed by atoms with Gasteiger partial charge < -0.3 is 4.74 Å². The van der Waals surface area contributed by atoms with E-state index < -0.39 is 0 Å². The topological polar surface area (TPSA) is 50.4 Å². The number of hydrazine groups is 1. The molecule has 1 aliphatic rings. The van der Waals surface area contributed by atoms with Gasteiger partial charge in [-0.3, -0.25) is 15.6 Å². The Hall–Kier alpha value is -1.55. The van der Waals surface area contributed by atoms with Crippen molar-refractivity contribution in [2.24, 2.45) is 0 Å². The molecular weight excluding hydrogens is 204 g/mol. The number of anilines is 1. The second-order valence-electron chi connectivity index (χ2n) is 3.84. The van der Waals surface area contributed by atoms with Crippen LogP contribution >= 0.6 is 0 Å². The summed E-state index contributed by atoms with van der Waals surface area (Å²) in [5.74, 6) is -0.0939. The molecule has 1 amide bonds. The molecule has 0 radical (unpaired) electrons. The molecule has 1 fully saturated rings. The van der Waals surface area contributed by atoms with Crippen molar-refractivity contribution in [1.29, 1.82) is 0 Å². The fourth-order valence-corrected chi connectivity index (χ4v) is 1.68. The summed E-state index contributed by atoms with van der Waals surface area (Å²) in [5, 5.41) is 0. The smallest absolute Gasteiger partial charge is 0.267 e. The lowest BCUT2D eigenvalue weighted by atomic mass is 10.1. The molecule has 2 rings (SSSR count). The van der Waals surface area contributed by atoms with Gasteiger partial charge in [-0.25, -0.2) is 0 Å². The van der Waals surface area contributed by atoms with E-state index >= 15 is 0 Å². The second kappa shape index (κ2) is 5.51. The lowest BCUT2D eigenvalue weighted by Gasteiger charge is -2.21. The summed E-state index contributed by atoms with van der Waals surface area (Å²) in [6.45, 7) is 0.684. The molecule has 1 unspecified atom stereocenters. The van der Waals surface area contributed by atoms with Crippen LogP contribution in [0.25, 0.3) is 0 Å². The largest absolute Gasteiger partial charge is 0.368 e. The average molecular weight is 220 g/mol. The summed E-state index contributed by atoms with van der Waals surface area (Å²) in [4.78, 5) is 11.7. The van der Waals surface area contributed by atoms with Crippen LogP contribution in [0.4, 0.5) is 5.69 Å². The third-order valence-corrected chi connectivity index (χ3v) is 2.58. The normalized spacial score (nSPS) is 20.1. The number of hydrogen-bond acceptors (Lipinski definition) is 3. The lowest BCUT2D eigenvalue weighted by Crippen LogP contribution is -2.41. The molecule has 0 spiro atoms. The van der Waals surface area contributed by atoms with Crippen LogP contribution < -0.4 is 10.9 Å². The van der Waals surface area contributed by atoms with Gasteiger partial charge in [0.2, 0.25) is 0 Å². The first-order chi connectivity index (χ1) is 7.86. The molecule has 0 saturated carbocycles. The predicted octanol–water partition coefficient (Wildman–Crippen LogP) is 1.70. The van der Waals surface area contributed by atoms with Crippen molar-refractivity contribution >= 4 is 11.6 Å². The Bertz CT molecular complexity index is 334. The Morgan fingerprint density at radius 2 is 2.06 bits per heavy atom. The quantitative estimate of drug-likeness (QED) is 0.762. The number of ether oxygens (including phenoxy) is 1. The van der Waals surface area contributed by atoms with Crippen molar-refractivity contribution in [3.05, 3.63) is 30.3 Å². The van der Waals surface area contributed by atoms with Gasteiger partial charge in [0.15, 0.2) is 0 Å². The zero-order chi connectivity index (χ0) is 11.2. The summed E-state index contributed by atoms with van der Waals surface area (Å²) in [6.07, 6.45) is 2.62. The van der Waals surface area contributed by atoms with Crippen LogP contribution in [0, 0.1) is 0 Å². The first-order valence-corrected chi connectivity index (χ1v) is 5.59. The van der Waals surface area contributed by atoms with Crippen LogP contribution in [0.5, 0.6) is 0 Å². The zero-order valence-electron chi connectivity index (χ0n) is 9.11. The molecule has 1 saturated heterocycles. The van der Waals surface area contributed by atoms with Gasteiger partial charge in [0.25, 0.3) is 5.91 Å². The standard InChI is InChI=1S/C12H16N2O2/c15-12(11-8-4-5-9-16-11)14-13-10-6-2-1-3-7-10/h1-3,6-7,11,13H,4-5,8-9H2,(H,14,15). The van der Waals surface area contributed by atoms with Gasteiger partial charge in [-0.15, -0.1) is 0 Å². The van der Waals surface area contributed by atoms with E-state index in [4.69, 9.17) is 4.74 Å². The van der Waals surface area contributed by atoms with Crippen molar-refractivity contribution in [2.75, 3.05) is 12.0 Å². The monoisotopic (exact) mass is 220 g/mol. The molecule has 0 bridgehead atoms. The Kier molecular flexibility index (Phi) is 3.77. The van der Waals surface area contributed by atoms with E-state index in [2.05, 4.69) is 10.9 Å². The summed E-state index contributed by atoms with van der Waals surface area (Å²) in [7, 11) is 0. The third-order valence-electron chi connectivity index (χ3n) is 2.58. The summed E-state index contributed by atoms with van der Waals surface area (Å²) >= 11 is 0. The Balaban J connectivity index is 1.79. The molecule has 1 aromatic carbocycles. The number of carbonyl (C=O) groups is 1. The molecule has 0 aliphatic carbocycles. The predicted molar refractivity (Wildman–Crippen MR) is 61.8 cm³/mol. The van der Waals surface area contributed by atoms with Crippen molar-refractivity contribution in [3.63, 3.8) is 0 Å². The van der Waals surface area contributed by atoms with Gasteiger partial charge in [0.1, 0.15) is 6.10 Å². The highest BCUT2D eigenvalue weighted by molar-refractivity contribution is 5.82. The van der Waals surface area contributed by atoms with Crippen molar-refractivity contribution in [3.8, 4) is 0 Å². The average Bonchev–Trinajstić information content (AvgIpc) is 2.38. The van der Waals surface area contributed by atoms with Crippen LogP contribution in [0.3, 0.4) is 0 Å². The number of hydrogen-bond donors (Lipinski definition) is 2. The van der Waals surface area contributed by atoms with E-state index in [0.29, 0.717) is 6.61 Å². The van der Waals surface area contributed by atoms with Crippen LogP contribution in [-0.2, 0) is 9.53 Å². The minimum Gasteiger partial charge on any atom is -0.368 e. The molecule has 86 valence electrons. The van der Waals surface area contributed by atoms with Crippen LogP contribution in [0.2, 0.25) is 0 Å². The molecule has 2 N–H and O–H groups in total. The summed E-state index contributed by atoms with van der Waals surface area (Å²) in [6, 6.07) is 9.53. The molecule has 0 aromatic heterocycles. The fourth-order valence-electron chi connectivity index (χ4n) is 1.68. The minimum absolute atomic E-state index is 0.0939. The van der Waals surface area contributed by atoms with Gasteiger partial charge in [0.05, 0.1) is 5.69 Å². The summed E-state index contributed by atoms with van der Waals surface area (Å²) < 4.78 is 5.38. The third kappa shape index (κ3) is 2.97. The molecule has 4 heteroatoms. The highest BCUT2D eigenvalue weighted by Crippen LogP contribution is 2.12. The van der Waals surface area contributed by atoms with Gasteiger partial charge in [-0.05, 0) is 31.4 Å². The first-order valence-electron chi connectivity index (χ1n) is 5.59. The van der Waals surface area contributed by atoms with Gasteiger partial charge >= 0.3 is 0 Å². The van der Waals surface area contributed by atoms with Crippen molar-refractivity contribution in [2.45, 2.75) is 25.4 Å². The number of amides is 1. The van der Waals surface area contributed by atoms with E-state index in [0.717, 1.165) is 24.9 Å². The van der Waals surface area contributed by atoms with Crippen molar-refractivity contribution < 1.29 is 9.53 Å². The molecule has 1 aromatic rings. The fraction of sp³-hybridized carbons (Fsp3) is 0.417. The molecule has 1 atom stereocenters. The molecule has 1 heterocycles. The maximum atomic E-state index is 11.7. The number of nitrogens with one attached hydrogen (secondary N) is 2. The van der Waals surface area contributed by atoms with Crippen LogP contribution in [0.15, 0.2) is 30.3 Å². The first kappa shape index (κ1) is 11.0. The van der Waals surface area contributed by atoms with E-state index in [-0.39, 0.29) is 12.0 Å². The zero-order valence-corrected chi connectivity index (χ0v) is 9.11. The van der Waals surface area contributed by atoms with Gasteiger partial charge in [0, 0.05) is 6.61 Å². The van der Waals surface area contributed by atoms with Crippen LogP contribution in [-0.4, -0.2) is 18.6 Å².